The third-order valence-electron chi connectivity index (χ3n) is 2.72. The molecule has 1 aliphatic rings. The highest BCUT2D eigenvalue weighted by atomic mass is 32.2. The van der Waals surface area contributed by atoms with Crippen LogP contribution in [-0.2, 0) is 6.18 Å². The molecule has 1 aromatic heterocycles. The number of halogens is 3. The molecule has 2 rings (SSSR count). The van der Waals surface area contributed by atoms with Crippen molar-refractivity contribution < 1.29 is 13.2 Å². The summed E-state index contributed by atoms with van der Waals surface area (Å²) in [5.74, 6) is 1.09. The highest BCUT2D eigenvalue weighted by Gasteiger charge is 2.36. The average molecular weight is 282 g/mol. The molecule has 7 heteroatoms. The minimum Gasteiger partial charge on any atom is -0.311 e. The van der Waals surface area contributed by atoms with E-state index >= 15 is 0 Å². The molecule has 0 aromatic carbocycles. The van der Waals surface area contributed by atoms with Crippen LogP contribution < -0.4 is 5.32 Å². The Bertz CT molecular complexity index is 372. The molecule has 1 aliphatic heterocycles. The summed E-state index contributed by atoms with van der Waals surface area (Å²) < 4.78 is 37.4. The molecule has 1 N–H and O–H groups in total. The van der Waals surface area contributed by atoms with E-state index in [-0.39, 0.29) is 6.04 Å². The van der Waals surface area contributed by atoms with Crippen molar-refractivity contribution in [2.24, 2.45) is 0 Å². The fourth-order valence-electron chi connectivity index (χ4n) is 1.94. The van der Waals surface area contributed by atoms with Gasteiger partial charge < -0.3 is 5.32 Å². The zero-order valence-corrected chi connectivity index (χ0v) is 10.9. The van der Waals surface area contributed by atoms with Crippen molar-refractivity contribution in [3.8, 4) is 0 Å². The number of thiazole rings is 1. The van der Waals surface area contributed by atoms with E-state index in [0.717, 1.165) is 29.9 Å². The van der Waals surface area contributed by atoms with Crippen molar-refractivity contribution in [3.63, 3.8) is 0 Å². The molecular weight excluding hydrogens is 269 g/mol. The van der Waals surface area contributed by atoms with Gasteiger partial charge in [-0.05, 0) is 25.6 Å². The standard InChI is InChI=1S/C10H13F3N2S2/c1-14-8(6-3-2-4-16-6)7-5-15-9(17-7)10(11,12)13/h5-6,8,14H,2-4H2,1H3. The Morgan fingerprint density at radius 3 is 2.76 bits per heavy atom. The third kappa shape index (κ3) is 2.95. The maximum atomic E-state index is 12.5. The monoisotopic (exact) mass is 282 g/mol. The van der Waals surface area contributed by atoms with Crippen LogP contribution in [0.15, 0.2) is 6.20 Å². The summed E-state index contributed by atoms with van der Waals surface area (Å²) >= 11 is 2.57. The molecular formula is C10H13F3N2S2. The zero-order chi connectivity index (χ0) is 12.5. The van der Waals surface area contributed by atoms with Crippen LogP contribution in [0, 0.1) is 0 Å². The van der Waals surface area contributed by atoms with Gasteiger partial charge in [-0.1, -0.05) is 0 Å². The largest absolute Gasteiger partial charge is 0.443 e. The van der Waals surface area contributed by atoms with Gasteiger partial charge in [0.15, 0.2) is 5.01 Å². The Labute approximate surface area is 106 Å². The summed E-state index contributed by atoms with van der Waals surface area (Å²) in [5, 5.41) is 2.72. The van der Waals surface area contributed by atoms with Crippen LogP contribution >= 0.6 is 23.1 Å². The van der Waals surface area contributed by atoms with Crippen LogP contribution in [0.3, 0.4) is 0 Å². The highest BCUT2D eigenvalue weighted by Crippen LogP contribution is 2.40. The van der Waals surface area contributed by atoms with Crippen LogP contribution in [0.5, 0.6) is 0 Å². The normalized spacial score (nSPS) is 22.9. The predicted octanol–water partition coefficient (Wildman–Crippen LogP) is 3.32. The van der Waals surface area contributed by atoms with Crippen molar-refractivity contribution >= 4 is 23.1 Å². The lowest BCUT2D eigenvalue weighted by atomic mass is 10.1. The number of aromatic nitrogens is 1. The van der Waals surface area contributed by atoms with Crippen LogP contribution in [0.25, 0.3) is 0 Å². The van der Waals surface area contributed by atoms with E-state index in [1.165, 1.54) is 6.20 Å². The van der Waals surface area contributed by atoms with Gasteiger partial charge in [-0.15, -0.1) is 11.3 Å². The van der Waals surface area contributed by atoms with Gasteiger partial charge in [-0.3, -0.25) is 0 Å². The van der Waals surface area contributed by atoms with Crippen molar-refractivity contribution in [2.45, 2.75) is 30.3 Å². The fourth-order valence-corrected chi connectivity index (χ4v) is 4.43. The molecule has 1 saturated heterocycles. The first-order valence-electron chi connectivity index (χ1n) is 5.34. The Morgan fingerprint density at radius 1 is 1.53 bits per heavy atom. The van der Waals surface area contributed by atoms with Crippen LogP contribution in [0.4, 0.5) is 13.2 Å². The number of nitrogens with zero attached hydrogens (tertiary/aromatic N) is 1. The number of thioether (sulfide) groups is 1. The van der Waals surface area contributed by atoms with Gasteiger partial charge in [0, 0.05) is 16.3 Å². The smallest absolute Gasteiger partial charge is 0.311 e. The van der Waals surface area contributed by atoms with Crippen LogP contribution in [0.1, 0.15) is 28.8 Å². The van der Waals surface area contributed by atoms with Gasteiger partial charge in [0.05, 0.1) is 6.04 Å². The fraction of sp³-hybridized carbons (Fsp3) is 0.700. The second-order valence-electron chi connectivity index (χ2n) is 3.88. The lowest BCUT2D eigenvalue weighted by Crippen LogP contribution is -2.24. The van der Waals surface area contributed by atoms with E-state index in [2.05, 4.69) is 10.3 Å². The zero-order valence-electron chi connectivity index (χ0n) is 9.25. The molecule has 2 heterocycles. The third-order valence-corrected chi connectivity index (χ3v) is 5.31. The molecule has 0 bridgehead atoms. The molecule has 0 saturated carbocycles. The Morgan fingerprint density at radius 2 is 2.29 bits per heavy atom. The lowest BCUT2D eigenvalue weighted by molar-refractivity contribution is -0.137. The molecule has 0 spiro atoms. The summed E-state index contributed by atoms with van der Waals surface area (Å²) in [7, 11) is 1.79. The number of hydrogen-bond donors (Lipinski definition) is 1. The number of alkyl halides is 3. The molecule has 2 atom stereocenters. The van der Waals surface area contributed by atoms with Crippen LogP contribution in [-0.4, -0.2) is 23.0 Å². The first-order valence-corrected chi connectivity index (χ1v) is 7.20. The van der Waals surface area contributed by atoms with Gasteiger partial charge in [-0.2, -0.15) is 24.9 Å². The molecule has 0 radical (unpaired) electrons. The minimum absolute atomic E-state index is 0.0175. The van der Waals surface area contributed by atoms with Gasteiger partial charge in [0.25, 0.3) is 0 Å². The van der Waals surface area contributed by atoms with Crippen molar-refractivity contribution in [2.75, 3.05) is 12.8 Å². The molecule has 96 valence electrons. The van der Waals surface area contributed by atoms with E-state index in [9.17, 15) is 13.2 Å². The predicted molar refractivity (Wildman–Crippen MR) is 64.4 cm³/mol. The quantitative estimate of drug-likeness (QED) is 0.920. The molecule has 17 heavy (non-hydrogen) atoms. The van der Waals surface area contributed by atoms with E-state index < -0.39 is 11.2 Å². The second-order valence-corrected chi connectivity index (χ2v) is 6.29. The van der Waals surface area contributed by atoms with Gasteiger partial charge >= 0.3 is 6.18 Å². The Kier molecular flexibility index (Phi) is 3.99. The summed E-state index contributed by atoms with van der Waals surface area (Å²) in [4.78, 5) is 4.15. The van der Waals surface area contributed by atoms with E-state index in [1.54, 1.807) is 7.05 Å². The number of nitrogens with one attached hydrogen (secondary N) is 1. The van der Waals surface area contributed by atoms with Crippen molar-refractivity contribution in [1.82, 2.24) is 10.3 Å². The van der Waals surface area contributed by atoms with Crippen molar-refractivity contribution in [3.05, 3.63) is 16.1 Å². The van der Waals surface area contributed by atoms with Crippen LogP contribution in [0.2, 0.25) is 0 Å². The summed E-state index contributed by atoms with van der Waals surface area (Å²) in [6.45, 7) is 0. The lowest BCUT2D eigenvalue weighted by Gasteiger charge is -2.20. The molecule has 0 amide bonds. The topological polar surface area (TPSA) is 24.9 Å². The maximum absolute atomic E-state index is 12.5. The maximum Gasteiger partial charge on any atom is 0.443 e. The van der Waals surface area contributed by atoms with E-state index in [0.29, 0.717) is 10.1 Å². The molecule has 1 aromatic rings. The summed E-state index contributed by atoms with van der Waals surface area (Å²) in [6.07, 6.45) is -0.786. The minimum atomic E-state index is -4.33. The van der Waals surface area contributed by atoms with Crippen molar-refractivity contribution in [1.29, 1.82) is 0 Å². The molecule has 2 unspecified atom stereocenters. The van der Waals surface area contributed by atoms with Gasteiger partial charge in [0.1, 0.15) is 0 Å². The average Bonchev–Trinajstić information content (AvgIpc) is 2.87. The summed E-state index contributed by atoms with van der Waals surface area (Å²) in [6, 6.07) is -0.0175. The first-order chi connectivity index (χ1) is 8.02. The number of hydrogen-bond acceptors (Lipinski definition) is 4. The molecule has 2 nitrogen and oxygen atoms in total. The van der Waals surface area contributed by atoms with E-state index in [1.807, 2.05) is 11.8 Å². The highest BCUT2D eigenvalue weighted by molar-refractivity contribution is 8.00. The second kappa shape index (κ2) is 5.16. The van der Waals surface area contributed by atoms with E-state index in [4.69, 9.17) is 0 Å². The Hall–Kier alpha value is -0.270. The first kappa shape index (κ1) is 13.2. The Balaban J connectivity index is 2.17. The number of rotatable bonds is 3. The molecule has 1 fully saturated rings. The van der Waals surface area contributed by atoms with Gasteiger partial charge in [0.2, 0.25) is 0 Å². The SMILES string of the molecule is CNC(c1cnc(C(F)(F)F)s1)C1CCCS1. The molecule has 0 aliphatic carbocycles. The summed E-state index contributed by atoms with van der Waals surface area (Å²) in [5.41, 5.74) is 0. The van der Waals surface area contributed by atoms with Gasteiger partial charge in [-0.25, -0.2) is 4.98 Å².